The number of nitrogens with zero attached hydrogens (tertiary/aromatic N) is 23. The molecule has 0 spiro atoms. The van der Waals surface area contributed by atoms with E-state index in [0.29, 0.717) is 103 Å². The molecule has 2 saturated heterocycles. The molecular weight excluding hydrogens is 1750 g/mol. The second-order valence-corrected chi connectivity index (χ2v) is 34.7. The van der Waals surface area contributed by atoms with E-state index in [1.807, 2.05) is 115 Å². The van der Waals surface area contributed by atoms with Gasteiger partial charge in [0.05, 0.1) is 34.1 Å². The number of anilines is 1. The first-order valence-corrected chi connectivity index (χ1v) is 46.2. The minimum atomic E-state index is -0.845. The quantitative estimate of drug-likeness (QED) is 0.0419. The molecule has 0 bridgehead atoms. The number of carboxylic acids is 1. The Bertz CT molecular complexity index is 6630. The van der Waals surface area contributed by atoms with Gasteiger partial charge in [0, 0.05) is 54.0 Å². The number of thioether (sulfide) groups is 5. The lowest BCUT2D eigenvalue weighted by atomic mass is 9.99. The first-order chi connectivity index (χ1) is 61.8. The van der Waals surface area contributed by atoms with Crippen LogP contribution >= 0.6 is 70.1 Å². The number of fused-ring (bicyclic) bond motifs is 6. The SMILES string of the molecule is CC1CCN(C(=O)CSc2ccc3nnc(-c4ccc(F)cc4)n3n2)CC1.CCCCC(Sc1ccc2nnc(-c3ccc(F)cc3)n2n1)C(=O)O.CCOc1ccc(-c2nnc3ccc(SC)nn23)cc1.O=C(CSc1ccc2nnc(-c3ccc(F)cc3)n2n1)N1CCCC1.O=C(CSc1ccc2nnc(-c3ccc(F)cc3)n2n1)Nc1nc2ccccc2s1. The van der Waals surface area contributed by atoms with Gasteiger partial charge in [-0.25, -0.2) is 22.5 Å². The number of likely N-dealkylation sites (tertiary alicyclic amines) is 2. The lowest BCUT2D eigenvalue weighted by molar-refractivity contribution is -0.136. The number of para-hydroxylation sites is 1. The third-order valence-electron chi connectivity index (χ3n) is 19.8. The Kier molecular flexibility index (Phi) is 29.7. The zero-order valence-corrected chi connectivity index (χ0v) is 73.5. The standard InChI is InChI=1S/C20H13FN6OS2.C19H20FN5OS.C17H16FN5OS.C17H17FN4O2S.C14H14N4OS/c21-13-7-5-12(6-8-13)19-25-24-16-9-10-18(26-27(16)19)29-11-17(28)23-20-22-14-3-1-2-4-15(14)30-20;1-13-8-10-24(11-9-13)18(26)12-27-17-7-6-16-21-22-19(25(16)23-17)14-2-4-15(20)5-3-14;18-13-5-3-12(4-6-13)17-20-19-14-7-8-15(21-23(14)17)25-11-16(24)22-9-1-2-10-22;1-2-3-4-13(17(23)24)25-15-10-9-14-19-20-16(22(14)21-15)11-5-7-12(18)8-6-11;1-3-19-11-6-4-10(5-7-11)14-16-15-12-8-9-13(20-2)17-18(12)14/h1-10H,11H2,(H,22,23,28);2-7,13H,8-12H2,1H3;3-8H,1-2,9-11H2;5-10,13H,2-4H2,1H3,(H,23,24);4-9H,3H2,1-2H3. The molecule has 0 saturated carbocycles. The third kappa shape index (κ3) is 22.9. The van der Waals surface area contributed by atoms with Crippen molar-refractivity contribution in [3.05, 3.63) is 230 Å². The molecule has 0 aliphatic carbocycles. The average molecular weight is 1830 g/mol. The molecule has 648 valence electrons. The molecule has 13 heterocycles. The highest BCUT2D eigenvalue weighted by atomic mass is 32.2. The van der Waals surface area contributed by atoms with Crippen molar-refractivity contribution < 1.29 is 46.6 Å². The van der Waals surface area contributed by atoms with Crippen molar-refractivity contribution in [3.8, 4) is 62.7 Å². The molecule has 2 aliphatic rings. The molecule has 40 heteroatoms. The van der Waals surface area contributed by atoms with E-state index < -0.39 is 11.2 Å². The molecule has 30 nitrogen and oxygen atoms in total. The normalized spacial score (nSPS) is 12.9. The maximum absolute atomic E-state index is 13.2. The Labute approximate surface area is 748 Å². The van der Waals surface area contributed by atoms with E-state index in [2.05, 4.69) is 93.7 Å². The van der Waals surface area contributed by atoms with E-state index in [-0.39, 0.29) is 46.7 Å². The van der Waals surface area contributed by atoms with Gasteiger partial charge in [0.15, 0.2) is 62.5 Å². The van der Waals surface area contributed by atoms with Crippen LogP contribution in [0, 0.1) is 29.2 Å². The summed E-state index contributed by atoms with van der Waals surface area (Å²) in [6.07, 6.45) is 8.68. The summed E-state index contributed by atoms with van der Waals surface area (Å²) in [4.78, 5) is 56.6. The maximum Gasteiger partial charge on any atom is 0.317 e. The van der Waals surface area contributed by atoms with Crippen molar-refractivity contribution >= 4 is 137 Å². The number of carbonyl (C=O) groups is 4. The van der Waals surface area contributed by atoms with E-state index in [1.165, 1.54) is 107 Å². The number of nitrogens with one attached hydrogen (secondary N) is 1. The van der Waals surface area contributed by atoms with Gasteiger partial charge in [-0.1, -0.05) is 97.2 Å². The number of hydrogen-bond acceptors (Lipinski definition) is 27. The highest BCUT2D eigenvalue weighted by Gasteiger charge is 2.25. The number of carboxylic acid groups (broad SMARTS) is 1. The van der Waals surface area contributed by atoms with Crippen LogP contribution in [0.25, 0.3) is 95.4 Å². The number of aromatic nitrogens is 21. The average Bonchev–Trinajstić information content (AvgIpc) is 1.68. The van der Waals surface area contributed by atoms with Crippen LogP contribution in [0.15, 0.2) is 231 Å². The molecule has 11 aromatic heterocycles. The number of aliphatic carboxylic acids is 1. The number of amides is 3. The lowest BCUT2D eigenvalue weighted by Crippen LogP contribution is -2.38. The number of thiazole rings is 1. The van der Waals surface area contributed by atoms with Gasteiger partial charge >= 0.3 is 5.97 Å². The fourth-order valence-corrected chi connectivity index (χ4v) is 17.5. The zero-order valence-electron chi connectivity index (χ0n) is 68.6. The molecule has 2 fully saturated rings. The second-order valence-electron chi connectivity index (χ2n) is 28.7. The van der Waals surface area contributed by atoms with Crippen LogP contribution < -0.4 is 10.1 Å². The largest absolute Gasteiger partial charge is 0.494 e. The van der Waals surface area contributed by atoms with Gasteiger partial charge in [-0.05, 0) is 245 Å². The monoisotopic (exact) mass is 1820 g/mol. The fourth-order valence-electron chi connectivity index (χ4n) is 13.1. The number of piperidine rings is 1. The van der Waals surface area contributed by atoms with E-state index in [4.69, 9.17) is 4.74 Å². The molecule has 19 rings (SSSR count). The van der Waals surface area contributed by atoms with Crippen molar-refractivity contribution in [2.75, 3.05) is 61.6 Å². The van der Waals surface area contributed by atoms with Gasteiger partial charge in [-0.3, -0.25) is 19.2 Å². The highest BCUT2D eigenvalue weighted by Crippen LogP contribution is 2.32. The minimum Gasteiger partial charge on any atom is -0.494 e. The van der Waals surface area contributed by atoms with Crippen LogP contribution in [-0.2, 0) is 19.2 Å². The number of hydrogen-bond donors (Lipinski definition) is 2. The van der Waals surface area contributed by atoms with Crippen LogP contribution in [0.4, 0.5) is 22.7 Å². The number of halogens is 4. The Morgan fingerprint density at radius 1 is 0.457 bits per heavy atom. The predicted molar refractivity (Wildman–Crippen MR) is 482 cm³/mol. The molecule has 17 aromatic rings. The van der Waals surface area contributed by atoms with Gasteiger partial charge < -0.3 is 25.0 Å². The number of ether oxygens (including phenoxy) is 1. The van der Waals surface area contributed by atoms with Crippen LogP contribution in [0.3, 0.4) is 0 Å². The van der Waals surface area contributed by atoms with Gasteiger partial charge in [0.25, 0.3) is 0 Å². The Balaban J connectivity index is 0.000000123. The van der Waals surface area contributed by atoms with Crippen molar-refractivity contribution in [2.45, 2.75) is 96.1 Å². The predicted octanol–water partition coefficient (Wildman–Crippen LogP) is 16.8. The van der Waals surface area contributed by atoms with Crippen LogP contribution in [0.1, 0.15) is 65.7 Å². The van der Waals surface area contributed by atoms with E-state index in [9.17, 15) is 41.8 Å². The van der Waals surface area contributed by atoms with Gasteiger partial charge in [-0.2, -0.15) is 48.1 Å². The molecule has 2 aliphatic heterocycles. The molecule has 127 heavy (non-hydrogen) atoms. The maximum atomic E-state index is 13.2. The minimum absolute atomic E-state index is 0.145. The first kappa shape index (κ1) is 89.0. The number of carbonyl (C=O) groups excluding carboxylic acids is 3. The molecule has 3 amide bonds. The Morgan fingerprint density at radius 2 is 0.819 bits per heavy atom. The number of unbranched alkanes of at least 4 members (excludes halogenated alkanes) is 1. The lowest BCUT2D eigenvalue weighted by Gasteiger charge is -2.30. The summed E-state index contributed by atoms with van der Waals surface area (Å²) in [6, 6.07) is 57.7. The van der Waals surface area contributed by atoms with Gasteiger partial charge in [-0.15, -0.1) is 62.7 Å². The van der Waals surface area contributed by atoms with Crippen molar-refractivity contribution in [2.24, 2.45) is 5.92 Å². The van der Waals surface area contributed by atoms with E-state index in [0.717, 1.165) is 124 Å². The third-order valence-corrected chi connectivity index (χ3v) is 25.3. The topological polar surface area (TPSA) is 345 Å². The molecule has 1 unspecified atom stereocenters. The van der Waals surface area contributed by atoms with Crippen molar-refractivity contribution in [1.29, 1.82) is 0 Å². The molecular formula is C87H80F4N24O6S6. The summed E-state index contributed by atoms with van der Waals surface area (Å²) in [7, 11) is 0. The number of benzene rings is 6. The molecule has 1 atom stereocenters. The Morgan fingerprint density at radius 3 is 1.20 bits per heavy atom. The zero-order chi connectivity index (χ0) is 88.3. The summed E-state index contributed by atoms with van der Waals surface area (Å²) < 4.78 is 67.2. The molecule has 0 radical (unpaired) electrons. The second kappa shape index (κ2) is 42.4. The molecule has 6 aromatic carbocycles. The highest BCUT2D eigenvalue weighted by molar-refractivity contribution is 8.01. The van der Waals surface area contributed by atoms with Gasteiger partial charge in [0.2, 0.25) is 17.7 Å². The van der Waals surface area contributed by atoms with Gasteiger partial charge in [0.1, 0.15) is 59.4 Å². The summed E-state index contributed by atoms with van der Waals surface area (Å²) in [6.45, 7) is 10.3. The summed E-state index contributed by atoms with van der Waals surface area (Å²) in [5, 5.41) is 79.6. The fraction of sp³-hybridized carbons (Fsp3) is 0.241. The summed E-state index contributed by atoms with van der Waals surface area (Å²) in [5.41, 5.74) is 7.74. The van der Waals surface area contributed by atoms with E-state index in [1.54, 1.807) is 107 Å². The van der Waals surface area contributed by atoms with Crippen LogP contribution in [0.5, 0.6) is 5.75 Å². The van der Waals surface area contributed by atoms with E-state index >= 15 is 0 Å². The number of rotatable bonds is 24. The Hall–Kier alpha value is -12.9. The summed E-state index contributed by atoms with van der Waals surface area (Å²) in [5.74, 6) is 3.30. The van der Waals surface area contributed by atoms with Crippen molar-refractivity contribution in [1.82, 2.24) is 114 Å². The summed E-state index contributed by atoms with van der Waals surface area (Å²) >= 11 is 8.35. The molecule has 2 N–H and O–H groups in total. The first-order valence-electron chi connectivity index (χ1n) is 40.3. The van der Waals surface area contributed by atoms with Crippen LogP contribution in [0.2, 0.25) is 0 Å². The van der Waals surface area contributed by atoms with Crippen LogP contribution in [-0.4, -0.2) is 204 Å². The smallest absolute Gasteiger partial charge is 0.317 e. The van der Waals surface area contributed by atoms with Crippen molar-refractivity contribution in [3.63, 3.8) is 0 Å².